The van der Waals surface area contributed by atoms with Gasteiger partial charge in [0.1, 0.15) is 5.82 Å². The molecule has 0 aliphatic carbocycles. The van der Waals surface area contributed by atoms with Crippen LogP contribution >= 0.6 is 0 Å². The molecule has 0 spiro atoms. The lowest BCUT2D eigenvalue weighted by Gasteiger charge is -2.31. The monoisotopic (exact) mass is 388 g/mol. The molecule has 3 saturated heterocycles. The Morgan fingerprint density at radius 3 is 2.46 bits per heavy atom. The number of amides is 2. The van der Waals surface area contributed by atoms with E-state index in [1.165, 1.54) is 6.07 Å². The number of imide groups is 1. The first-order valence-corrected chi connectivity index (χ1v) is 10.0. The molecule has 3 heterocycles. The van der Waals surface area contributed by atoms with Crippen LogP contribution in [0.3, 0.4) is 0 Å². The Labute approximate surface area is 163 Å². The number of hydrogen-bond donors (Lipinski definition) is 1. The van der Waals surface area contributed by atoms with Crippen molar-refractivity contribution in [2.24, 2.45) is 17.1 Å². The van der Waals surface area contributed by atoms with E-state index in [-0.39, 0.29) is 24.1 Å². The van der Waals surface area contributed by atoms with Gasteiger partial charge >= 0.3 is 0 Å². The number of rotatable bonds is 4. The van der Waals surface area contributed by atoms with Gasteiger partial charge in [-0.1, -0.05) is 6.07 Å². The number of anilines is 1. The van der Waals surface area contributed by atoms with Gasteiger partial charge in [0, 0.05) is 32.6 Å². The van der Waals surface area contributed by atoms with Crippen molar-refractivity contribution in [3.05, 3.63) is 34.5 Å². The summed E-state index contributed by atoms with van der Waals surface area (Å²) in [4.78, 5) is 36.0. The first-order valence-electron chi connectivity index (χ1n) is 10.0. The van der Waals surface area contributed by atoms with Crippen LogP contribution in [0.2, 0.25) is 0 Å². The van der Waals surface area contributed by atoms with Crippen LogP contribution in [-0.2, 0) is 9.59 Å². The molecule has 0 radical (unpaired) electrons. The fourth-order valence-corrected chi connectivity index (χ4v) is 4.84. The minimum atomic E-state index is -0.468. The number of carbonyl (C=O) groups is 2. The van der Waals surface area contributed by atoms with Gasteiger partial charge in [-0.2, -0.15) is 0 Å². The maximum Gasteiger partial charge on any atom is 0.234 e. The van der Waals surface area contributed by atoms with Crippen LogP contribution in [0.4, 0.5) is 10.1 Å². The van der Waals surface area contributed by atoms with E-state index in [0.717, 1.165) is 32.4 Å². The molecule has 1 aromatic rings. The maximum atomic E-state index is 14.8. The zero-order valence-electron chi connectivity index (χ0n) is 15.8. The average Bonchev–Trinajstić information content (AvgIpc) is 3.18. The molecule has 4 rings (SSSR count). The van der Waals surface area contributed by atoms with Crippen molar-refractivity contribution in [1.29, 1.82) is 0 Å². The quantitative estimate of drug-likeness (QED) is 0.633. The van der Waals surface area contributed by atoms with E-state index in [0.29, 0.717) is 42.6 Å². The summed E-state index contributed by atoms with van der Waals surface area (Å²) < 4.78 is 14.8. The van der Waals surface area contributed by atoms with Crippen molar-refractivity contribution in [2.75, 3.05) is 31.1 Å². The first kappa shape index (κ1) is 18.8. The van der Waals surface area contributed by atoms with Crippen LogP contribution in [0.15, 0.2) is 23.5 Å². The Morgan fingerprint density at radius 1 is 1.04 bits per heavy atom. The molecule has 0 saturated carbocycles. The van der Waals surface area contributed by atoms with Crippen molar-refractivity contribution in [1.82, 2.24) is 10.3 Å². The maximum absolute atomic E-state index is 14.8. The summed E-state index contributed by atoms with van der Waals surface area (Å²) in [6, 6.07) is 5.01. The van der Waals surface area contributed by atoms with Crippen LogP contribution in [0, 0.1) is 22.6 Å². The Bertz CT molecular complexity index is 779. The van der Waals surface area contributed by atoms with Gasteiger partial charge in [-0.25, -0.2) is 4.39 Å². The Balaban J connectivity index is 1.41. The summed E-state index contributed by atoms with van der Waals surface area (Å²) in [5.74, 6) is -0.346. The van der Waals surface area contributed by atoms with Gasteiger partial charge in [-0.05, 0) is 55.2 Å². The minimum Gasteiger partial charge on any atom is -0.369 e. The summed E-state index contributed by atoms with van der Waals surface area (Å²) in [5, 5.41) is 6.92. The standard InChI is InChI=1S/C20H25FN4O3/c21-17-11-14(16-2-4-19(26)22-20(16)27)1-3-18(17)24-8-5-15(12-24)13-6-9-25(23-28)10-7-13/h1,3,11,13,15-16H,2,4-10,12H2,(H,22,26,27). The van der Waals surface area contributed by atoms with Crippen LogP contribution in [0.1, 0.15) is 43.6 Å². The minimum absolute atomic E-state index is 0.267. The van der Waals surface area contributed by atoms with E-state index < -0.39 is 5.92 Å². The molecular formula is C20H25FN4O3. The van der Waals surface area contributed by atoms with E-state index in [9.17, 15) is 18.9 Å². The Morgan fingerprint density at radius 2 is 1.79 bits per heavy atom. The fraction of sp³-hybridized carbons (Fsp3) is 0.600. The van der Waals surface area contributed by atoms with Crippen molar-refractivity contribution in [2.45, 2.75) is 38.0 Å². The van der Waals surface area contributed by atoms with Gasteiger partial charge in [0.2, 0.25) is 11.8 Å². The Hall–Kier alpha value is -2.51. The molecule has 8 heteroatoms. The van der Waals surface area contributed by atoms with Gasteiger partial charge in [0.25, 0.3) is 0 Å². The highest BCUT2D eigenvalue weighted by Crippen LogP contribution is 2.36. The van der Waals surface area contributed by atoms with Crippen molar-refractivity contribution in [3.8, 4) is 0 Å². The zero-order chi connectivity index (χ0) is 19.7. The third kappa shape index (κ3) is 3.72. The smallest absolute Gasteiger partial charge is 0.234 e. The van der Waals surface area contributed by atoms with E-state index in [4.69, 9.17) is 0 Å². The lowest BCUT2D eigenvalue weighted by Crippen LogP contribution is -2.39. The summed E-state index contributed by atoms with van der Waals surface area (Å²) in [6.45, 7) is 3.04. The molecule has 2 atom stereocenters. The molecule has 0 aromatic heterocycles. The number of piperidine rings is 2. The number of benzene rings is 1. The second-order valence-electron chi connectivity index (χ2n) is 8.08. The van der Waals surface area contributed by atoms with Crippen LogP contribution in [-0.4, -0.2) is 43.0 Å². The molecule has 150 valence electrons. The molecule has 1 N–H and O–H groups in total. The van der Waals surface area contributed by atoms with Crippen LogP contribution < -0.4 is 10.2 Å². The lowest BCUT2D eigenvalue weighted by molar-refractivity contribution is -0.134. The normalized spacial score (nSPS) is 26.5. The number of halogens is 1. The van der Waals surface area contributed by atoms with Crippen molar-refractivity contribution >= 4 is 17.5 Å². The fourth-order valence-electron chi connectivity index (χ4n) is 4.84. The topological polar surface area (TPSA) is 82.1 Å². The summed E-state index contributed by atoms with van der Waals surface area (Å²) in [6.07, 6.45) is 3.64. The molecule has 0 bridgehead atoms. The number of nitrogens with one attached hydrogen (secondary N) is 1. The van der Waals surface area contributed by atoms with E-state index in [1.54, 1.807) is 17.1 Å². The highest BCUT2D eigenvalue weighted by Gasteiger charge is 2.33. The number of hydrogen-bond acceptors (Lipinski definition) is 5. The summed E-state index contributed by atoms with van der Waals surface area (Å²) in [5.41, 5.74) is 1.20. The predicted molar refractivity (Wildman–Crippen MR) is 102 cm³/mol. The molecule has 3 aliphatic heterocycles. The predicted octanol–water partition coefficient (Wildman–Crippen LogP) is 2.57. The second kappa shape index (κ2) is 7.85. The third-order valence-corrected chi connectivity index (χ3v) is 6.48. The average molecular weight is 388 g/mol. The summed E-state index contributed by atoms with van der Waals surface area (Å²) >= 11 is 0. The number of nitroso groups, excluding NO2 is 1. The van der Waals surface area contributed by atoms with E-state index in [1.807, 2.05) is 0 Å². The molecule has 28 heavy (non-hydrogen) atoms. The summed E-state index contributed by atoms with van der Waals surface area (Å²) in [7, 11) is 0. The molecule has 3 aliphatic rings. The van der Waals surface area contributed by atoms with Gasteiger partial charge in [-0.3, -0.25) is 19.9 Å². The molecule has 2 amide bonds. The van der Waals surface area contributed by atoms with Crippen molar-refractivity contribution < 1.29 is 14.0 Å². The van der Waals surface area contributed by atoms with Crippen LogP contribution in [0.25, 0.3) is 0 Å². The highest BCUT2D eigenvalue weighted by molar-refractivity contribution is 6.00. The molecule has 3 fully saturated rings. The van der Waals surface area contributed by atoms with Gasteiger partial charge < -0.3 is 4.90 Å². The second-order valence-corrected chi connectivity index (χ2v) is 8.08. The Kier molecular flexibility index (Phi) is 5.28. The van der Waals surface area contributed by atoms with Gasteiger partial charge in [0.15, 0.2) is 0 Å². The van der Waals surface area contributed by atoms with Gasteiger partial charge in [-0.15, -0.1) is 4.91 Å². The SMILES string of the molecule is O=NN1CCC(C2CCN(c3ccc(C4CCC(=O)NC4=O)cc3F)C2)CC1. The third-order valence-electron chi connectivity index (χ3n) is 6.48. The first-order chi connectivity index (χ1) is 13.5. The number of nitrogens with zero attached hydrogens (tertiary/aromatic N) is 3. The lowest BCUT2D eigenvalue weighted by atomic mass is 9.84. The molecule has 7 nitrogen and oxygen atoms in total. The molecule has 2 unspecified atom stereocenters. The number of carbonyl (C=O) groups excluding carboxylic acids is 2. The van der Waals surface area contributed by atoms with Gasteiger partial charge in [0.05, 0.1) is 16.9 Å². The highest BCUT2D eigenvalue weighted by atomic mass is 19.1. The van der Waals surface area contributed by atoms with E-state index >= 15 is 0 Å². The molecule has 1 aromatic carbocycles. The van der Waals surface area contributed by atoms with E-state index in [2.05, 4.69) is 15.5 Å². The van der Waals surface area contributed by atoms with Crippen LogP contribution in [0.5, 0.6) is 0 Å². The zero-order valence-corrected chi connectivity index (χ0v) is 15.8. The largest absolute Gasteiger partial charge is 0.369 e. The van der Waals surface area contributed by atoms with Crippen molar-refractivity contribution in [3.63, 3.8) is 0 Å². The molecular weight excluding hydrogens is 363 g/mol.